The Morgan fingerprint density at radius 2 is 1.44 bits per heavy atom. The summed E-state index contributed by atoms with van der Waals surface area (Å²) in [7, 11) is 0. The van der Waals surface area contributed by atoms with Crippen LogP contribution in [0.15, 0.2) is 0 Å². The minimum Gasteiger partial charge on any atom is -0.465 e. The SMILES string of the molecule is CC(C)(C)OCCCCOC(=O)C(C)(C)C. The first kappa shape index (κ1) is 15.4. The van der Waals surface area contributed by atoms with Crippen molar-refractivity contribution in [3.8, 4) is 0 Å². The van der Waals surface area contributed by atoms with Gasteiger partial charge in [-0.25, -0.2) is 0 Å². The molecule has 0 aliphatic heterocycles. The van der Waals surface area contributed by atoms with Crippen LogP contribution in [0.5, 0.6) is 0 Å². The highest BCUT2D eigenvalue weighted by molar-refractivity contribution is 5.75. The van der Waals surface area contributed by atoms with Gasteiger partial charge in [0, 0.05) is 6.61 Å². The van der Waals surface area contributed by atoms with Gasteiger partial charge in [0.15, 0.2) is 0 Å². The minimum atomic E-state index is -0.401. The second kappa shape index (κ2) is 6.24. The summed E-state index contributed by atoms with van der Waals surface area (Å²) < 4.78 is 10.7. The van der Waals surface area contributed by atoms with Gasteiger partial charge in [-0.15, -0.1) is 0 Å². The zero-order valence-corrected chi connectivity index (χ0v) is 11.6. The van der Waals surface area contributed by atoms with E-state index in [1.54, 1.807) is 0 Å². The summed E-state index contributed by atoms with van der Waals surface area (Å²) in [5.41, 5.74) is -0.482. The molecule has 0 saturated heterocycles. The quantitative estimate of drug-likeness (QED) is 0.537. The van der Waals surface area contributed by atoms with Gasteiger partial charge in [-0.2, -0.15) is 0 Å². The molecule has 0 aliphatic rings. The lowest BCUT2D eigenvalue weighted by Gasteiger charge is -2.19. The van der Waals surface area contributed by atoms with E-state index in [0.29, 0.717) is 6.61 Å². The zero-order chi connectivity index (χ0) is 12.8. The maximum absolute atomic E-state index is 11.4. The molecular formula is C13H26O3. The Morgan fingerprint density at radius 1 is 0.938 bits per heavy atom. The smallest absolute Gasteiger partial charge is 0.311 e. The fraction of sp³-hybridized carbons (Fsp3) is 0.923. The van der Waals surface area contributed by atoms with Crippen LogP contribution in [0.4, 0.5) is 0 Å². The number of esters is 1. The Labute approximate surface area is 99.5 Å². The van der Waals surface area contributed by atoms with Gasteiger partial charge >= 0.3 is 5.97 Å². The first-order valence-corrected chi connectivity index (χ1v) is 5.94. The fourth-order valence-electron chi connectivity index (χ4n) is 0.964. The second-order valence-electron chi connectivity index (χ2n) is 6.05. The van der Waals surface area contributed by atoms with Gasteiger partial charge in [0.05, 0.1) is 17.6 Å². The Bertz CT molecular complexity index is 208. The van der Waals surface area contributed by atoms with Crippen molar-refractivity contribution < 1.29 is 14.3 Å². The van der Waals surface area contributed by atoms with E-state index >= 15 is 0 Å². The van der Waals surface area contributed by atoms with Crippen molar-refractivity contribution in [3.05, 3.63) is 0 Å². The highest BCUT2D eigenvalue weighted by atomic mass is 16.5. The summed E-state index contributed by atoms with van der Waals surface area (Å²) in [6, 6.07) is 0. The molecule has 0 amide bonds. The zero-order valence-electron chi connectivity index (χ0n) is 11.6. The maximum Gasteiger partial charge on any atom is 0.311 e. The summed E-state index contributed by atoms with van der Waals surface area (Å²) >= 11 is 0. The van der Waals surface area contributed by atoms with E-state index < -0.39 is 5.41 Å². The molecule has 0 aromatic carbocycles. The number of unbranched alkanes of at least 4 members (excludes halogenated alkanes) is 1. The van der Waals surface area contributed by atoms with Crippen molar-refractivity contribution in [3.63, 3.8) is 0 Å². The molecule has 0 radical (unpaired) electrons. The third-order valence-electron chi connectivity index (χ3n) is 1.92. The monoisotopic (exact) mass is 230 g/mol. The molecule has 0 aromatic heterocycles. The molecular weight excluding hydrogens is 204 g/mol. The molecule has 0 unspecified atom stereocenters. The topological polar surface area (TPSA) is 35.5 Å². The summed E-state index contributed by atoms with van der Waals surface area (Å²) in [5.74, 6) is -0.135. The van der Waals surface area contributed by atoms with Gasteiger partial charge in [0.1, 0.15) is 0 Å². The number of carbonyl (C=O) groups is 1. The van der Waals surface area contributed by atoms with Gasteiger partial charge in [-0.3, -0.25) is 4.79 Å². The molecule has 0 aliphatic carbocycles. The van der Waals surface area contributed by atoms with E-state index in [2.05, 4.69) is 0 Å². The molecule has 0 N–H and O–H groups in total. The van der Waals surface area contributed by atoms with Crippen LogP contribution in [-0.2, 0) is 14.3 Å². The van der Waals surface area contributed by atoms with E-state index in [0.717, 1.165) is 19.4 Å². The normalized spacial score (nSPS) is 12.6. The lowest BCUT2D eigenvalue weighted by atomic mass is 9.97. The number of rotatable bonds is 5. The van der Waals surface area contributed by atoms with Crippen LogP contribution < -0.4 is 0 Å². The lowest BCUT2D eigenvalue weighted by molar-refractivity contribution is -0.153. The average Bonchev–Trinajstić information content (AvgIpc) is 2.07. The standard InChI is InChI=1S/C13H26O3/c1-12(2,3)11(14)15-9-7-8-10-16-13(4,5)6/h7-10H2,1-6H3. The van der Waals surface area contributed by atoms with Crippen molar-refractivity contribution in [2.45, 2.75) is 60.0 Å². The summed E-state index contributed by atoms with van der Waals surface area (Å²) in [6.45, 7) is 12.9. The molecule has 0 saturated carbocycles. The lowest BCUT2D eigenvalue weighted by Crippen LogP contribution is -2.23. The average molecular weight is 230 g/mol. The highest BCUT2D eigenvalue weighted by Crippen LogP contribution is 2.15. The fourth-order valence-corrected chi connectivity index (χ4v) is 0.964. The van der Waals surface area contributed by atoms with Gasteiger partial charge in [-0.05, 0) is 54.4 Å². The van der Waals surface area contributed by atoms with E-state index in [9.17, 15) is 4.79 Å². The Hall–Kier alpha value is -0.570. The molecule has 0 rings (SSSR count). The first-order chi connectivity index (χ1) is 7.13. The summed E-state index contributed by atoms with van der Waals surface area (Å²) in [6.07, 6.45) is 1.78. The predicted molar refractivity (Wildman–Crippen MR) is 65.4 cm³/mol. The van der Waals surface area contributed by atoms with Crippen molar-refractivity contribution in [1.29, 1.82) is 0 Å². The third kappa shape index (κ3) is 8.72. The van der Waals surface area contributed by atoms with E-state index in [4.69, 9.17) is 9.47 Å². The van der Waals surface area contributed by atoms with Crippen molar-refractivity contribution in [1.82, 2.24) is 0 Å². The van der Waals surface area contributed by atoms with Crippen molar-refractivity contribution >= 4 is 5.97 Å². The molecule has 0 fully saturated rings. The van der Waals surface area contributed by atoms with Crippen LogP contribution in [0, 0.1) is 5.41 Å². The number of hydrogen-bond acceptors (Lipinski definition) is 3. The third-order valence-corrected chi connectivity index (χ3v) is 1.92. The second-order valence-corrected chi connectivity index (χ2v) is 6.05. The summed E-state index contributed by atoms with van der Waals surface area (Å²) in [5, 5.41) is 0. The van der Waals surface area contributed by atoms with Crippen molar-refractivity contribution in [2.24, 2.45) is 5.41 Å². The molecule has 0 bridgehead atoms. The van der Waals surface area contributed by atoms with Crippen molar-refractivity contribution in [2.75, 3.05) is 13.2 Å². The minimum absolute atomic E-state index is 0.0813. The van der Waals surface area contributed by atoms with E-state index in [1.165, 1.54) is 0 Å². The van der Waals surface area contributed by atoms with Gasteiger partial charge in [0.25, 0.3) is 0 Å². The van der Waals surface area contributed by atoms with Crippen LogP contribution in [0.2, 0.25) is 0 Å². The molecule has 0 atom stereocenters. The predicted octanol–water partition coefficient (Wildman–Crippen LogP) is 3.17. The van der Waals surface area contributed by atoms with Crippen LogP contribution in [0.3, 0.4) is 0 Å². The van der Waals surface area contributed by atoms with Gasteiger partial charge < -0.3 is 9.47 Å². The maximum atomic E-state index is 11.4. The van der Waals surface area contributed by atoms with Gasteiger partial charge in [-0.1, -0.05) is 0 Å². The molecule has 0 aromatic rings. The number of ether oxygens (including phenoxy) is 2. The molecule has 3 heteroatoms. The van der Waals surface area contributed by atoms with Crippen LogP contribution in [0.25, 0.3) is 0 Å². The van der Waals surface area contributed by atoms with Crippen LogP contribution >= 0.6 is 0 Å². The first-order valence-electron chi connectivity index (χ1n) is 5.94. The number of carbonyl (C=O) groups excluding carboxylic acids is 1. The molecule has 16 heavy (non-hydrogen) atoms. The summed E-state index contributed by atoms with van der Waals surface area (Å²) in [4.78, 5) is 11.4. The highest BCUT2D eigenvalue weighted by Gasteiger charge is 2.22. The van der Waals surface area contributed by atoms with Gasteiger partial charge in [0.2, 0.25) is 0 Å². The largest absolute Gasteiger partial charge is 0.465 e. The molecule has 0 heterocycles. The molecule has 0 spiro atoms. The molecule has 3 nitrogen and oxygen atoms in total. The Balaban J connectivity index is 3.45. The van der Waals surface area contributed by atoms with Crippen LogP contribution in [0.1, 0.15) is 54.4 Å². The Morgan fingerprint density at radius 3 is 1.88 bits per heavy atom. The van der Waals surface area contributed by atoms with E-state index in [1.807, 2.05) is 41.5 Å². The number of hydrogen-bond donors (Lipinski definition) is 0. The van der Waals surface area contributed by atoms with E-state index in [-0.39, 0.29) is 11.6 Å². The molecule has 96 valence electrons. The Kier molecular flexibility index (Phi) is 6.01. The van der Waals surface area contributed by atoms with Crippen LogP contribution in [-0.4, -0.2) is 24.8 Å².